The van der Waals surface area contributed by atoms with Gasteiger partial charge in [0.05, 0.1) is 17.2 Å². The molecule has 5 heteroatoms. The van der Waals surface area contributed by atoms with E-state index in [0.717, 1.165) is 25.9 Å². The number of piperidine rings is 1. The molecule has 0 aromatic heterocycles. The van der Waals surface area contributed by atoms with Crippen molar-refractivity contribution in [3.63, 3.8) is 0 Å². The number of carbonyl (C=O) groups is 2. The number of rotatable bonds is 5. The van der Waals surface area contributed by atoms with Crippen molar-refractivity contribution in [2.45, 2.75) is 12.8 Å². The van der Waals surface area contributed by atoms with Crippen LogP contribution in [0.5, 0.6) is 0 Å². The first-order chi connectivity index (χ1) is 10.6. The van der Waals surface area contributed by atoms with E-state index in [2.05, 4.69) is 22.1 Å². The molecule has 118 valence electrons. The number of amides is 2. The van der Waals surface area contributed by atoms with E-state index >= 15 is 0 Å². The zero-order chi connectivity index (χ0) is 15.9. The van der Waals surface area contributed by atoms with Gasteiger partial charge in [-0.15, -0.1) is 6.58 Å². The fourth-order valence-electron chi connectivity index (χ4n) is 2.67. The van der Waals surface area contributed by atoms with Gasteiger partial charge in [-0.05, 0) is 38.6 Å². The first kappa shape index (κ1) is 16.2. The Morgan fingerprint density at radius 2 is 2.18 bits per heavy atom. The van der Waals surface area contributed by atoms with Crippen LogP contribution in [-0.2, 0) is 4.79 Å². The van der Waals surface area contributed by atoms with E-state index in [-0.39, 0.29) is 17.7 Å². The van der Waals surface area contributed by atoms with Crippen molar-refractivity contribution in [3.8, 4) is 0 Å². The van der Waals surface area contributed by atoms with Crippen molar-refractivity contribution in [2.24, 2.45) is 5.92 Å². The molecule has 1 aromatic carbocycles. The fraction of sp³-hybridized carbons (Fsp3) is 0.412. The van der Waals surface area contributed by atoms with Crippen LogP contribution in [0.2, 0.25) is 0 Å². The average Bonchev–Trinajstić information content (AvgIpc) is 2.53. The molecule has 0 unspecified atom stereocenters. The molecule has 1 saturated heterocycles. The summed E-state index contributed by atoms with van der Waals surface area (Å²) in [6.07, 6.45) is 3.54. The summed E-state index contributed by atoms with van der Waals surface area (Å²) in [6.45, 7) is 5.77. The van der Waals surface area contributed by atoms with E-state index in [9.17, 15) is 9.59 Å². The number of carbonyl (C=O) groups excluding carboxylic acids is 2. The molecular weight excluding hydrogens is 278 g/mol. The van der Waals surface area contributed by atoms with E-state index in [0.29, 0.717) is 17.8 Å². The Labute approximate surface area is 131 Å². The minimum atomic E-state index is -0.212. The molecule has 1 aliphatic rings. The van der Waals surface area contributed by atoms with Crippen LogP contribution in [0.15, 0.2) is 36.9 Å². The third-order valence-corrected chi connectivity index (χ3v) is 3.83. The van der Waals surface area contributed by atoms with Crippen LogP contribution in [0.25, 0.3) is 0 Å². The lowest BCUT2D eigenvalue weighted by molar-refractivity contribution is -0.121. The molecule has 5 nitrogen and oxygen atoms in total. The third-order valence-electron chi connectivity index (χ3n) is 3.83. The van der Waals surface area contributed by atoms with Crippen molar-refractivity contribution in [1.29, 1.82) is 0 Å². The summed E-state index contributed by atoms with van der Waals surface area (Å²) in [5.41, 5.74) is 1.03. The van der Waals surface area contributed by atoms with Crippen molar-refractivity contribution in [3.05, 3.63) is 42.5 Å². The summed E-state index contributed by atoms with van der Waals surface area (Å²) in [6, 6.07) is 7.06. The Morgan fingerprint density at radius 1 is 1.41 bits per heavy atom. The predicted octanol–water partition coefficient (Wildman–Crippen LogP) is 1.88. The van der Waals surface area contributed by atoms with E-state index in [1.807, 2.05) is 13.1 Å². The lowest BCUT2D eigenvalue weighted by Crippen LogP contribution is -2.38. The van der Waals surface area contributed by atoms with Gasteiger partial charge in [-0.3, -0.25) is 9.59 Å². The van der Waals surface area contributed by atoms with Gasteiger partial charge in [-0.1, -0.05) is 18.2 Å². The van der Waals surface area contributed by atoms with Crippen LogP contribution in [0.4, 0.5) is 5.69 Å². The summed E-state index contributed by atoms with van der Waals surface area (Å²) >= 11 is 0. The van der Waals surface area contributed by atoms with Crippen molar-refractivity contribution >= 4 is 17.5 Å². The second-order valence-electron chi connectivity index (χ2n) is 5.63. The number of nitrogens with zero attached hydrogens (tertiary/aromatic N) is 1. The minimum absolute atomic E-state index is 0.0180. The number of nitrogens with one attached hydrogen (secondary N) is 2. The Kier molecular flexibility index (Phi) is 5.72. The highest BCUT2D eigenvalue weighted by Gasteiger charge is 2.24. The fourth-order valence-corrected chi connectivity index (χ4v) is 2.67. The van der Waals surface area contributed by atoms with Crippen LogP contribution in [-0.4, -0.2) is 43.4 Å². The molecule has 2 N–H and O–H groups in total. The second-order valence-corrected chi connectivity index (χ2v) is 5.63. The van der Waals surface area contributed by atoms with E-state index in [1.165, 1.54) is 0 Å². The molecule has 0 bridgehead atoms. The lowest BCUT2D eigenvalue weighted by Gasteiger charge is -2.28. The van der Waals surface area contributed by atoms with Crippen molar-refractivity contribution in [1.82, 2.24) is 10.2 Å². The van der Waals surface area contributed by atoms with Crippen LogP contribution in [0.3, 0.4) is 0 Å². The molecule has 1 atom stereocenters. The highest BCUT2D eigenvalue weighted by molar-refractivity contribution is 6.04. The number of hydrogen-bond acceptors (Lipinski definition) is 3. The molecule has 2 rings (SSSR count). The number of anilines is 1. The summed E-state index contributed by atoms with van der Waals surface area (Å²) < 4.78 is 0. The Balaban J connectivity index is 2.07. The van der Waals surface area contributed by atoms with E-state index in [1.54, 1.807) is 24.3 Å². The molecule has 1 aliphatic heterocycles. The van der Waals surface area contributed by atoms with Gasteiger partial charge in [0.15, 0.2) is 0 Å². The normalized spacial score (nSPS) is 18.5. The molecular formula is C17H23N3O2. The van der Waals surface area contributed by atoms with Gasteiger partial charge in [0.1, 0.15) is 0 Å². The molecule has 1 heterocycles. The SMILES string of the molecule is C=CCNC(=O)c1ccccc1NC(=O)[C@H]1CCCN(C)C1. The summed E-state index contributed by atoms with van der Waals surface area (Å²) in [4.78, 5) is 26.7. The van der Waals surface area contributed by atoms with Gasteiger partial charge in [0, 0.05) is 13.1 Å². The highest BCUT2D eigenvalue weighted by Crippen LogP contribution is 2.20. The quantitative estimate of drug-likeness (QED) is 0.816. The van der Waals surface area contributed by atoms with Gasteiger partial charge in [-0.25, -0.2) is 0 Å². The first-order valence-electron chi connectivity index (χ1n) is 7.59. The van der Waals surface area contributed by atoms with Crippen LogP contribution < -0.4 is 10.6 Å². The summed E-state index contributed by atoms with van der Waals surface area (Å²) in [5, 5.41) is 5.64. The number of likely N-dealkylation sites (tertiary alicyclic amines) is 1. The smallest absolute Gasteiger partial charge is 0.253 e. The van der Waals surface area contributed by atoms with Crippen molar-refractivity contribution in [2.75, 3.05) is 32.0 Å². The Bertz CT molecular complexity index is 557. The minimum Gasteiger partial charge on any atom is -0.349 e. The van der Waals surface area contributed by atoms with Gasteiger partial charge >= 0.3 is 0 Å². The van der Waals surface area contributed by atoms with Gasteiger partial charge in [0.25, 0.3) is 5.91 Å². The van der Waals surface area contributed by atoms with Crippen LogP contribution >= 0.6 is 0 Å². The summed E-state index contributed by atoms with van der Waals surface area (Å²) in [7, 11) is 2.02. The highest BCUT2D eigenvalue weighted by atomic mass is 16.2. The van der Waals surface area contributed by atoms with E-state index < -0.39 is 0 Å². The standard InChI is InChI=1S/C17H23N3O2/c1-3-10-18-17(22)14-8-4-5-9-15(14)19-16(21)13-7-6-11-20(2)12-13/h3-5,8-9,13H,1,6-7,10-12H2,2H3,(H,18,22)(H,19,21)/t13-/m0/s1. The summed E-state index contributed by atoms with van der Waals surface area (Å²) in [5.74, 6) is -0.255. The Hall–Kier alpha value is -2.14. The first-order valence-corrected chi connectivity index (χ1v) is 7.59. The molecule has 0 spiro atoms. The van der Waals surface area contributed by atoms with E-state index in [4.69, 9.17) is 0 Å². The number of benzene rings is 1. The molecule has 1 fully saturated rings. The maximum atomic E-state index is 12.4. The average molecular weight is 301 g/mol. The number of hydrogen-bond donors (Lipinski definition) is 2. The number of para-hydroxylation sites is 1. The van der Waals surface area contributed by atoms with Crippen LogP contribution in [0.1, 0.15) is 23.2 Å². The molecule has 0 saturated carbocycles. The molecule has 0 aliphatic carbocycles. The Morgan fingerprint density at radius 3 is 2.91 bits per heavy atom. The zero-order valence-electron chi connectivity index (χ0n) is 13.0. The van der Waals surface area contributed by atoms with Gasteiger partial charge < -0.3 is 15.5 Å². The van der Waals surface area contributed by atoms with Crippen molar-refractivity contribution < 1.29 is 9.59 Å². The molecule has 22 heavy (non-hydrogen) atoms. The zero-order valence-corrected chi connectivity index (χ0v) is 13.0. The van der Waals surface area contributed by atoms with Crippen LogP contribution in [0, 0.1) is 5.92 Å². The van der Waals surface area contributed by atoms with Gasteiger partial charge in [-0.2, -0.15) is 0 Å². The molecule has 1 aromatic rings. The maximum Gasteiger partial charge on any atom is 0.253 e. The second kappa shape index (κ2) is 7.75. The topological polar surface area (TPSA) is 61.4 Å². The van der Waals surface area contributed by atoms with Gasteiger partial charge in [0.2, 0.25) is 5.91 Å². The molecule has 2 amide bonds. The largest absolute Gasteiger partial charge is 0.349 e. The molecule has 0 radical (unpaired) electrons. The predicted molar refractivity (Wildman–Crippen MR) is 87.8 cm³/mol. The monoisotopic (exact) mass is 301 g/mol. The third kappa shape index (κ3) is 4.18. The maximum absolute atomic E-state index is 12.4. The lowest BCUT2D eigenvalue weighted by atomic mass is 9.97.